The summed E-state index contributed by atoms with van der Waals surface area (Å²) >= 11 is 0. The van der Waals surface area contributed by atoms with Crippen molar-refractivity contribution in [2.24, 2.45) is 13.0 Å². The fourth-order valence-corrected chi connectivity index (χ4v) is 3.17. The quantitative estimate of drug-likeness (QED) is 0.850. The fraction of sp³-hybridized carbons (Fsp3) is 0.786. The molecule has 0 bridgehead atoms. The maximum absolute atomic E-state index is 4.37. The predicted molar refractivity (Wildman–Crippen MR) is 70.9 cm³/mol. The highest BCUT2D eigenvalue weighted by Crippen LogP contribution is 2.33. The highest BCUT2D eigenvalue weighted by atomic mass is 15.3. The second-order valence-corrected chi connectivity index (χ2v) is 5.33. The Bertz CT molecular complexity index is 331. The van der Waals surface area contributed by atoms with Gasteiger partial charge in [0.15, 0.2) is 0 Å². The largest absolute Gasteiger partial charge is 0.309 e. The number of hydrogen-bond acceptors (Lipinski definition) is 2. The van der Waals surface area contributed by atoms with E-state index in [-0.39, 0.29) is 0 Å². The summed E-state index contributed by atoms with van der Waals surface area (Å²) in [4.78, 5) is 0. The van der Waals surface area contributed by atoms with Crippen LogP contribution in [0, 0.1) is 12.8 Å². The number of aryl methyl sites for hydroxylation is 2. The summed E-state index contributed by atoms with van der Waals surface area (Å²) in [5, 5.41) is 8.00. The molecular formula is C14H25N3. The van der Waals surface area contributed by atoms with Gasteiger partial charge in [-0.3, -0.25) is 4.68 Å². The molecule has 1 aliphatic carbocycles. The van der Waals surface area contributed by atoms with Crippen LogP contribution in [0.15, 0.2) is 6.20 Å². The fourth-order valence-electron chi connectivity index (χ4n) is 3.17. The van der Waals surface area contributed by atoms with Crippen LogP contribution in [0.3, 0.4) is 0 Å². The van der Waals surface area contributed by atoms with Crippen molar-refractivity contribution in [1.29, 1.82) is 0 Å². The molecule has 0 radical (unpaired) electrons. The molecule has 2 rings (SSSR count). The van der Waals surface area contributed by atoms with E-state index in [0.29, 0.717) is 6.04 Å². The van der Waals surface area contributed by atoms with Crippen molar-refractivity contribution in [1.82, 2.24) is 15.1 Å². The molecule has 1 N–H and O–H groups in total. The molecule has 1 atom stereocenters. The Labute approximate surface area is 105 Å². The summed E-state index contributed by atoms with van der Waals surface area (Å²) in [6.45, 7) is 5.39. The molecule has 0 spiro atoms. The smallest absolute Gasteiger partial charge is 0.0579 e. The lowest BCUT2D eigenvalue weighted by Crippen LogP contribution is -2.25. The molecule has 1 saturated carbocycles. The molecule has 0 aliphatic heterocycles. The van der Waals surface area contributed by atoms with Gasteiger partial charge in [-0.15, -0.1) is 0 Å². The summed E-state index contributed by atoms with van der Waals surface area (Å²) in [6, 6.07) is 0.482. The van der Waals surface area contributed by atoms with Crippen LogP contribution in [0.25, 0.3) is 0 Å². The average Bonchev–Trinajstić information content (AvgIpc) is 2.89. The minimum absolute atomic E-state index is 0.482. The Hall–Kier alpha value is -0.830. The summed E-state index contributed by atoms with van der Waals surface area (Å²) in [5.74, 6) is 0.911. The van der Waals surface area contributed by atoms with Crippen LogP contribution < -0.4 is 5.32 Å². The van der Waals surface area contributed by atoms with Gasteiger partial charge in [0.05, 0.1) is 11.9 Å². The van der Waals surface area contributed by atoms with Gasteiger partial charge in [0.2, 0.25) is 0 Å². The number of aromatic nitrogens is 2. The van der Waals surface area contributed by atoms with E-state index >= 15 is 0 Å². The minimum Gasteiger partial charge on any atom is -0.309 e. The first-order chi connectivity index (χ1) is 8.22. The Balaban J connectivity index is 2.10. The Morgan fingerprint density at radius 2 is 2.18 bits per heavy atom. The molecule has 17 heavy (non-hydrogen) atoms. The molecule has 0 aromatic carbocycles. The summed E-state index contributed by atoms with van der Waals surface area (Å²) in [5.41, 5.74) is 2.69. The molecule has 0 amide bonds. The van der Waals surface area contributed by atoms with Crippen LogP contribution >= 0.6 is 0 Å². The van der Waals surface area contributed by atoms with E-state index in [2.05, 4.69) is 31.3 Å². The molecule has 1 unspecified atom stereocenters. The molecule has 1 aromatic rings. The second-order valence-electron chi connectivity index (χ2n) is 5.33. The first kappa shape index (κ1) is 12.6. The van der Waals surface area contributed by atoms with Crippen LogP contribution in [0.1, 0.15) is 56.3 Å². The van der Waals surface area contributed by atoms with Crippen LogP contribution in [0.2, 0.25) is 0 Å². The molecule has 0 saturated heterocycles. The topological polar surface area (TPSA) is 29.9 Å². The number of nitrogens with zero attached hydrogens (tertiary/aromatic N) is 2. The maximum atomic E-state index is 4.37. The minimum atomic E-state index is 0.482. The van der Waals surface area contributed by atoms with Crippen LogP contribution in [0.4, 0.5) is 0 Å². The standard InChI is InChI=1S/C14H25N3/c1-4-15-13(9-12-7-5-6-8-12)14-11(2)10-16-17(14)3/h10,12-13,15H,4-9H2,1-3H3. The van der Waals surface area contributed by atoms with Gasteiger partial charge in [-0.2, -0.15) is 5.10 Å². The lowest BCUT2D eigenvalue weighted by molar-refractivity contribution is 0.384. The molecule has 96 valence electrons. The predicted octanol–water partition coefficient (Wildman–Crippen LogP) is 2.96. The zero-order chi connectivity index (χ0) is 12.3. The highest BCUT2D eigenvalue weighted by Gasteiger charge is 2.23. The van der Waals surface area contributed by atoms with Gasteiger partial charge in [0.25, 0.3) is 0 Å². The van der Waals surface area contributed by atoms with E-state index < -0.39 is 0 Å². The molecule has 1 aromatic heterocycles. The van der Waals surface area contributed by atoms with Crippen LogP contribution in [-0.2, 0) is 7.05 Å². The van der Waals surface area contributed by atoms with Gasteiger partial charge in [0, 0.05) is 13.1 Å². The van der Waals surface area contributed by atoms with Crippen molar-refractivity contribution in [3.63, 3.8) is 0 Å². The van der Waals surface area contributed by atoms with Gasteiger partial charge >= 0.3 is 0 Å². The Morgan fingerprint density at radius 3 is 2.71 bits per heavy atom. The van der Waals surface area contributed by atoms with E-state index in [9.17, 15) is 0 Å². The number of rotatable bonds is 5. The van der Waals surface area contributed by atoms with Crippen molar-refractivity contribution in [2.45, 2.75) is 52.0 Å². The lowest BCUT2D eigenvalue weighted by Gasteiger charge is -2.22. The first-order valence-electron chi connectivity index (χ1n) is 6.94. The van der Waals surface area contributed by atoms with Crippen molar-refractivity contribution < 1.29 is 0 Å². The third kappa shape index (κ3) is 2.89. The van der Waals surface area contributed by atoms with Crippen LogP contribution in [-0.4, -0.2) is 16.3 Å². The normalized spacial score (nSPS) is 18.8. The molecule has 1 heterocycles. The molecule has 1 aliphatic rings. The third-order valence-corrected chi connectivity index (χ3v) is 4.00. The summed E-state index contributed by atoms with van der Waals surface area (Å²) in [6.07, 6.45) is 8.93. The Kier molecular flexibility index (Phi) is 4.21. The van der Waals surface area contributed by atoms with Crippen molar-refractivity contribution >= 4 is 0 Å². The zero-order valence-electron chi connectivity index (χ0n) is 11.4. The van der Waals surface area contributed by atoms with Crippen molar-refractivity contribution in [3.8, 4) is 0 Å². The van der Waals surface area contributed by atoms with E-state index in [1.54, 1.807) is 0 Å². The van der Waals surface area contributed by atoms with Gasteiger partial charge in [-0.25, -0.2) is 0 Å². The van der Waals surface area contributed by atoms with Gasteiger partial charge in [-0.05, 0) is 31.4 Å². The Morgan fingerprint density at radius 1 is 1.47 bits per heavy atom. The summed E-state index contributed by atoms with van der Waals surface area (Å²) < 4.78 is 2.04. The highest BCUT2D eigenvalue weighted by molar-refractivity contribution is 5.19. The van der Waals surface area contributed by atoms with Crippen molar-refractivity contribution in [2.75, 3.05) is 6.54 Å². The summed E-state index contributed by atoms with van der Waals surface area (Å²) in [7, 11) is 2.06. The lowest BCUT2D eigenvalue weighted by atomic mass is 9.95. The SMILES string of the molecule is CCNC(CC1CCCC1)c1c(C)cnn1C. The maximum Gasteiger partial charge on any atom is 0.0579 e. The average molecular weight is 235 g/mol. The van der Waals surface area contributed by atoms with Crippen molar-refractivity contribution in [3.05, 3.63) is 17.5 Å². The van der Waals surface area contributed by atoms with Gasteiger partial charge < -0.3 is 5.32 Å². The monoisotopic (exact) mass is 235 g/mol. The van der Waals surface area contributed by atoms with Crippen LogP contribution in [0.5, 0.6) is 0 Å². The molecule has 3 nitrogen and oxygen atoms in total. The first-order valence-corrected chi connectivity index (χ1v) is 6.94. The number of nitrogens with one attached hydrogen (secondary N) is 1. The zero-order valence-corrected chi connectivity index (χ0v) is 11.4. The molecular weight excluding hydrogens is 210 g/mol. The van der Waals surface area contributed by atoms with E-state index in [1.807, 2.05) is 10.9 Å². The third-order valence-electron chi connectivity index (χ3n) is 4.00. The van der Waals surface area contributed by atoms with Gasteiger partial charge in [-0.1, -0.05) is 32.6 Å². The molecule has 1 fully saturated rings. The van der Waals surface area contributed by atoms with E-state index in [0.717, 1.165) is 12.5 Å². The second kappa shape index (κ2) is 5.67. The van der Waals surface area contributed by atoms with E-state index in [4.69, 9.17) is 0 Å². The molecule has 3 heteroatoms. The number of hydrogen-bond donors (Lipinski definition) is 1. The van der Waals surface area contributed by atoms with Gasteiger partial charge in [0.1, 0.15) is 0 Å². The van der Waals surface area contributed by atoms with E-state index in [1.165, 1.54) is 43.4 Å².